The molecule has 2 fully saturated rings. The van der Waals surface area contributed by atoms with Crippen molar-refractivity contribution in [1.82, 2.24) is 40.4 Å². The van der Waals surface area contributed by atoms with Gasteiger partial charge in [-0.25, -0.2) is 19.6 Å². The fourth-order valence-electron chi connectivity index (χ4n) is 9.20. The summed E-state index contributed by atoms with van der Waals surface area (Å²) in [6.07, 6.45) is 2.87. The van der Waals surface area contributed by atoms with E-state index < -0.39 is 24.3 Å². The lowest BCUT2D eigenvalue weighted by molar-refractivity contribution is -0.137. The Morgan fingerprint density at radius 2 is 1.55 bits per heavy atom. The summed E-state index contributed by atoms with van der Waals surface area (Å²) in [4.78, 5) is 72.5. The van der Waals surface area contributed by atoms with Crippen LogP contribution in [-0.4, -0.2) is 92.6 Å². The van der Waals surface area contributed by atoms with E-state index in [1.807, 2.05) is 56.7 Å². The molecule has 0 spiro atoms. The monoisotopic (exact) mass is 818 g/mol. The zero-order chi connectivity index (χ0) is 42.6. The summed E-state index contributed by atoms with van der Waals surface area (Å²) in [6, 6.07) is 12.6. The number of ether oxygens (including phenoxy) is 3. The van der Waals surface area contributed by atoms with Gasteiger partial charge in [0.25, 0.3) is 0 Å². The van der Waals surface area contributed by atoms with Gasteiger partial charge in [0.2, 0.25) is 11.8 Å². The highest BCUT2D eigenvalue weighted by Crippen LogP contribution is 2.44. The van der Waals surface area contributed by atoms with E-state index in [0.29, 0.717) is 24.8 Å². The zero-order valence-corrected chi connectivity index (χ0v) is 35.4. The van der Waals surface area contributed by atoms with Gasteiger partial charge in [-0.2, -0.15) is 0 Å². The Morgan fingerprint density at radius 1 is 0.833 bits per heavy atom. The highest BCUT2D eigenvalue weighted by molar-refractivity contribution is 6.07. The predicted octanol–water partition coefficient (Wildman–Crippen LogP) is 7.39. The number of imidazole rings is 2. The molecule has 3 aromatic carbocycles. The molecule has 5 heterocycles. The second kappa shape index (κ2) is 16.1. The van der Waals surface area contributed by atoms with Crippen molar-refractivity contribution >= 4 is 45.8 Å². The maximum absolute atomic E-state index is 14.0. The van der Waals surface area contributed by atoms with Gasteiger partial charge in [-0.1, -0.05) is 52.8 Å². The quantitative estimate of drug-likeness (QED) is 0.118. The van der Waals surface area contributed by atoms with Gasteiger partial charge in [-0.05, 0) is 90.3 Å². The van der Waals surface area contributed by atoms with Gasteiger partial charge in [0, 0.05) is 23.5 Å². The molecule has 0 bridgehead atoms. The number of rotatable bonds is 9. The van der Waals surface area contributed by atoms with Crippen LogP contribution in [0.2, 0.25) is 0 Å². The number of carbonyl (C=O) groups is 4. The maximum Gasteiger partial charge on any atom is 0.407 e. The Hall–Kier alpha value is -6.12. The number of alkyl carbamates (subject to hydrolysis) is 2. The van der Waals surface area contributed by atoms with Crippen molar-refractivity contribution in [2.75, 3.05) is 20.8 Å². The van der Waals surface area contributed by atoms with Gasteiger partial charge in [0.05, 0.1) is 49.2 Å². The smallest absolute Gasteiger partial charge is 0.407 e. The molecule has 316 valence electrons. The molecule has 4 amide bonds. The van der Waals surface area contributed by atoms with Crippen LogP contribution in [0.1, 0.15) is 90.1 Å². The van der Waals surface area contributed by atoms with E-state index in [4.69, 9.17) is 24.2 Å². The van der Waals surface area contributed by atoms with Crippen molar-refractivity contribution < 1.29 is 33.4 Å². The van der Waals surface area contributed by atoms with E-state index in [1.54, 1.807) is 0 Å². The Bertz CT molecular complexity index is 2470. The number of fused-ring (bicyclic) bond motifs is 6. The molecule has 0 radical (unpaired) electrons. The number of amides is 4. The Morgan fingerprint density at radius 3 is 2.25 bits per heavy atom. The molecule has 15 nitrogen and oxygen atoms in total. The normalized spacial score (nSPS) is 20.8. The maximum atomic E-state index is 14.0. The summed E-state index contributed by atoms with van der Waals surface area (Å²) < 4.78 is 16.1. The minimum atomic E-state index is -0.726. The van der Waals surface area contributed by atoms with Crippen molar-refractivity contribution in [2.45, 2.75) is 97.6 Å². The van der Waals surface area contributed by atoms with Crippen LogP contribution >= 0.6 is 0 Å². The Balaban J connectivity index is 1.05. The van der Waals surface area contributed by atoms with Crippen LogP contribution < -0.4 is 15.4 Å². The SMILES string of the molecule is COC(=O)N[C@H](C(=O)N1C[C@@H](C)C[C@H]1c1ncc(-c2ccc3c(c2)COc2cc4c(ccc5nc([C@@H]6CC[C@H](C)N6C(=O)[C@@H](NC(=O)OC)C(C)C)[nH]c54)cc2-3)[nH]1)C(C)C. The van der Waals surface area contributed by atoms with Crippen LogP contribution in [0.3, 0.4) is 0 Å². The number of benzene rings is 3. The van der Waals surface area contributed by atoms with Gasteiger partial charge >= 0.3 is 12.2 Å². The van der Waals surface area contributed by atoms with E-state index in [1.165, 1.54) is 14.2 Å². The first kappa shape index (κ1) is 40.7. The highest BCUT2D eigenvalue weighted by Gasteiger charge is 2.42. The average Bonchev–Trinajstić information content (AvgIpc) is 4.05. The minimum Gasteiger partial charge on any atom is -0.488 e. The molecule has 6 atom stereocenters. The summed E-state index contributed by atoms with van der Waals surface area (Å²) in [5.74, 6) is 1.90. The Labute approximate surface area is 348 Å². The molecule has 0 aliphatic carbocycles. The molecule has 15 heteroatoms. The molecule has 60 heavy (non-hydrogen) atoms. The fraction of sp³-hybridized carbons (Fsp3) is 0.467. The highest BCUT2D eigenvalue weighted by atomic mass is 16.5. The molecular formula is C45H54N8O7. The van der Waals surface area contributed by atoms with E-state index in [-0.39, 0.29) is 47.7 Å². The van der Waals surface area contributed by atoms with E-state index >= 15 is 0 Å². The van der Waals surface area contributed by atoms with Crippen LogP contribution in [0.25, 0.3) is 44.2 Å². The minimum absolute atomic E-state index is 0.0255. The van der Waals surface area contributed by atoms with Crippen molar-refractivity contribution in [1.29, 1.82) is 0 Å². The number of likely N-dealkylation sites (tertiary alicyclic amines) is 2. The third kappa shape index (κ3) is 7.38. The first-order valence-corrected chi connectivity index (χ1v) is 20.9. The largest absolute Gasteiger partial charge is 0.488 e. The lowest BCUT2D eigenvalue weighted by atomic mass is 9.92. The topological polar surface area (TPSA) is 184 Å². The standard InChI is InChI=1S/C45H54N8O7/c1-22(2)37(50-44(56)58-7)42(54)52-20-24(5)15-35(52)40-46-19-33(48-40)27-10-12-29-28(16-27)21-60-36-18-30-26(17-31(29)36)11-13-32-39(30)49-41(47-32)34-14-9-25(6)53(34)43(55)38(23(3)4)51-45(57)59-8/h10-13,16-19,22-25,34-35,37-38H,9,14-15,20-21H2,1-8H3,(H,46,48)(H,47,49)(H,50,56)(H,51,57)/t24-,25-,34-,35-,37-,38-/m0/s1. The molecule has 3 aliphatic heterocycles. The molecule has 2 saturated heterocycles. The second-order valence-corrected chi connectivity index (χ2v) is 17.2. The number of hydrogen-bond donors (Lipinski definition) is 4. The van der Waals surface area contributed by atoms with Crippen molar-refractivity contribution in [3.63, 3.8) is 0 Å². The number of nitrogens with zero attached hydrogens (tertiary/aromatic N) is 4. The van der Waals surface area contributed by atoms with Crippen molar-refractivity contribution in [3.8, 4) is 28.1 Å². The molecule has 0 saturated carbocycles. The van der Waals surface area contributed by atoms with Gasteiger partial charge in [0.1, 0.15) is 36.1 Å². The van der Waals surface area contributed by atoms with E-state index in [2.05, 4.69) is 63.9 Å². The number of nitrogens with one attached hydrogen (secondary N) is 4. The number of methoxy groups -OCH3 is 2. The molecule has 4 N–H and O–H groups in total. The summed E-state index contributed by atoms with van der Waals surface area (Å²) in [7, 11) is 2.59. The number of H-pyrrole nitrogens is 2. The predicted molar refractivity (Wildman–Crippen MR) is 226 cm³/mol. The van der Waals surface area contributed by atoms with Gasteiger partial charge < -0.3 is 44.6 Å². The lowest BCUT2D eigenvalue weighted by Crippen LogP contribution is -2.52. The third-order valence-electron chi connectivity index (χ3n) is 12.4. The first-order chi connectivity index (χ1) is 28.8. The van der Waals surface area contributed by atoms with Gasteiger partial charge in [-0.15, -0.1) is 0 Å². The molecule has 0 unspecified atom stereocenters. The Kier molecular flexibility index (Phi) is 10.9. The van der Waals surface area contributed by atoms with Crippen LogP contribution in [0, 0.1) is 17.8 Å². The second-order valence-electron chi connectivity index (χ2n) is 17.2. The zero-order valence-electron chi connectivity index (χ0n) is 35.4. The van der Waals surface area contributed by atoms with E-state index in [9.17, 15) is 19.2 Å². The van der Waals surface area contributed by atoms with E-state index in [0.717, 1.165) is 74.8 Å². The number of hydrogen-bond acceptors (Lipinski definition) is 9. The summed E-state index contributed by atoms with van der Waals surface area (Å²) >= 11 is 0. The number of aromatic nitrogens is 4. The first-order valence-electron chi connectivity index (χ1n) is 20.9. The van der Waals surface area contributed by atoms with Crippen LogP contribution in [-0.2, 0) is 25.7 Å². The van der Waals surface area contributed by atoms with Crippen molar-refractivity contribution in [3.05, 3.63) is 65.9 Å². The van der Waals surface area contributed by atoms with Crippen molar-refractivity contribution in [2.24, 2.45) is 17.8 Å². The van der Waals surface area contributed by atoms with Crippen LogP contribution in [0.15, 0.2) is 48.7 Å². The van der Waals surface area contributed by atoms with Crippen LogP contribution in [0.5, 0.6) is 5.75 Å². The third-order valence-corrected chi connectivity index (χ3v) is 12.4. The van der Waals surface area contributed by atoms with Gasteiger partial charge in [0.15, 0.2) is 0 Å². The molecule has 3 aliphatic rings. The molecule has 8 rings (SSSR count). The summed E-state index contributed by atoms with van der Waals surface area (Å²) in [5, 5.41) is 7.45. The van der Waals surface area contributed by atoms with Gasteiger partial charge in [-0.3, -0.25) is 9.59 Å². The average molecular weight is 819 g/mol. The molecule has 2 aromatic heterocycles. The molecular weight excluding hydrogens is 765 g/mol. The van der Waals surface area contributed by atoms with Crippen LogP contribution in [0.4, 0.5) is 9.59 Å². The molecule has 5 aromatic rings. The number of carbonyl (C=O) groups excluding carboxylic acids is 4. The number of aromatic amines is 2. The lowest BCUT2D eigenvalue weighted by Gasteiger charge is -2.32. The summed E-state index contributed by atoms with van der Waals surface area (Å²) in [6.45, 7) is 12.7. The summed E-state index contributed by atoms with van der Waals surface area (Å²) in [5.41, 5.74) is 6.59. The fourth-order valence-corrected chi connectivity index (χ4v) is 9.20.